The molecule has 8 heteroatoms. The van der Waals surface area contributed by atoms with Crippen LogP contribution >= 0.6 is 0 Å². The summed E-state index contributed by atoms with van der Waals surface area (Å²) in [6.07, 6.45) is 0. The van der Waals surface area contributed by atoms with Crippen molar-refractivity contribution in [1.82, 2.24) is 9.03 Å². The highest BCUT2D eigenvalue weighted by molar-refractivity contribution is 7.87. The Labute approximate surface area is 125 Å². The Morgan fingerprint density at radius 2 is 2.10 bits per heavy atom. The van der Waals surface area contributed by atoms with Crippen LogP contribution in [0.1, 0.15) is 12.5 Å². The fourth-order valence-corrected chi connectivity index (χ4v) is 2.42. The molecule has 0 spiro atoms. The minimum absolute atomic E-state index is 0.162. The molecule has 0 heterocycles. The summed E-state index contributed by atoms with van der Waals surface area (Å²) >= 11 is 0. The molecule has 0 atom stereocenters. The van der Waals surface area contributed by atoms with Gasteiger partial charge in [0.05, 0.1) is 13.7 Å². The van der Waals surface area contributed by atoms with Gasteiger partial charge in [0.1, 0.15) is 12.3 Å². The molecule has 1 N–H and O–H groups in total. The molecule has 1 aromatic carbocycles. The van der Waals surface area contributed by atoms with Gasteiger partial charge in [-0.05, 0) is 24.6 Å². The summed E-state index contributed by atoms with van der Waals surface area (Å²) in [7, 11) is -0.784. The molecule has 0 fully saturated rings. The van der Waals surface area contributed by atoms with Gasteiger partial charge in [0.25, 0.3) is 10.2 Å². The second-order valence-electron chi connectivity index (χ2n) is 4.24. The van der Waals surface area contributed by atoms with Crippen molar-refractivity contribution >= 4 is 16.2 Å². The van der Waals surface area contributed by atoms with Gasteiger partial charge in [0.2, 0.25) is 0 Å². The number of carbonyl (C=O) groups excluding carboxylic acids is 1. The second kappa shape index (κ2) is 7.96. The average molecular weight is 316 g/mol. The zero-order valence-corrected chi connectivity index (χ0v) is 13.1. The number of ether oxygens (including phenoxy) is 2. The summed E-state index contributed by atoms with van der Waals surface area (Å²) in [5, 5.41) is 0. The van der Waals surface area contributed by atoms with Crippen molar-refractivity contribution in [2.75, 3.05) is 27.3 Å². The largest absolute Gasteiger partial charge is 0.497 e. The smallest absolute Gasteiger partial charge is 0.321 e. The van der Waals surface area contributed by atoms with E-state index in [9.17, 15) is 13.2 Å². The summed E-state index contributed by atoms with van der Waals surface area (Å²) in [6.45, 7) is 1.63. The number of hydrogen-bond donors (Lipinski definition) is 1. The lowest BCUT2D eigenvalue weighted by atomic mass is 10.2. The first-order valence-electron chi connectivity index (χ1n) is 6.38. The first kappa shape index (κ1) is 17.4. The number of rotatable bonds is 8. The Morgan fingerprint density at radius 3 is 2.71 bits per heavy atom. The molecular formula is C13H20N2O5S. The second-order valence-corrected chi connectivity index (χ2v) is 6.10. The molecule has 0 radical (unpaired) electrons. The van der Waals surface area contributed by atoms with Gasteiger partial charge in [-0.2, -0.15) is 17.4 Å². The Morgan fingerprint density at radius 1 is 1.38 bits per heavy atom. The fraction of sp³-hybridized carbons (Fsp3) is 0.462. The molecule has 0 aromatic heterocycles. The fourth-order valence-electron chi connectivity index (χ4n) is 1.59. The van der Waals surface area contributed by atoms with E-state index in [0.717, 1.165) is 9.87 Å². The average Bonchev–Trinajstić information content (AvgIpc) is 2.45. The molecule has 0 bridgehead atoms. The molecule has 1 aromatic rings. The summed E-state index contributed by atoms with van der Waals surface area (Å²) < 4.78 is 37.0. The lowest BCUT2D eigenvalue weighted by Gasteiger charge is -2.17. The van der Waals surface area contributed by atoms with E-state index in [2.05, 4.69) is 9.46 Å². The lowest BCUT2D eigenvalue weighted by Crippen LogP contribution is -2.40. The van der Waals surface area contributed by atoms with Crippen molar-refractivity contribution in [2.45, 2.75) is 13.5 Å². The minimum atomic E-state index is -3.75. The van der Waals surface area contributed by atoms with Crippen molar-refractivity contribution in [2.24, 2.45) is 0 Å². The molecule has 0 amide bonds. The van der Waals surface area contributed by atoms with Gasteiger partial charge in [-0.15, -0.1) is 0 Å². The molecule has 0 aliphatic heterocycles. The van der Waals surface area contributed by atoms with Gasteiger partial charge in [0, 0.05) is 13.6 Å². The zero-order chi connectivity index (χ0) is 15.9. The highest BCUT2D eigenvalue weighted by Crippen LogP contribution is 2.14. The van der Waals surface area contributed by atoms with Crippen molar-refractivity contribution in [1.29, 1.82) is 0 Å². The summed E-state index contributed by atoms with van der Waals surface area (Å²) in [5.74, 6) is 0.0358. The predicted molar refractivity (Wildman–Crippen MR) is 78.0 cm³/mol. The molecule has 0 aliphatic rings. The van der Waals surface area contributed by atoms with Crippen molar-refractivity contribution < 1.29 is 22.7 Å². The maximum absolute atomic E-state index is 12.0. The standard InChI is InChI=1S/C13H20N2O5S/c1-4-20-13(16)9-14-21(17,18)15(2)10-11-6-5-7-12(8-11)19-3/h5-8,14H,4,9-10H2,1-3H3. The SMILES string of the molecule is CCOC(=O)CNS(=O)(=O)N(C)Cc1cccc(OC)c1. The van der Waals surface area contributed by atoms with Gasteiger partial charge in [0.15, 0.2) is 0 Å². The molecule has 0 aliphatic carbocycles. The molecule has 118 valence electrons. The Bertz CT molecular complexity index is 574. The minimum Gasteiger partial charge on any atom is -0.497 e. The van der Waals surface area contributed by atoms with Gasteiger partial charge in [-0.1, -0.05) is 12.1 Å². The highest BCUT2D eigenvalue weighted by atomic mass is 32.2. The number of nitrogens with one attached hydrogen (secondary N) is 1. The maximum Gasteiger partial charge on any atom is 0.321 e. The molecule has 7 nitrogen and oxygen atoms in total. The van der Waals surface area contributed by atoms with Crippen LogP contribution in [0.3, 0.4) is 0 Å². The molecule has 21 heavy (non-hydrogen) atoms. The van der Waals surface area contributed by atoms with Crippen LogP contribution in [0.2, 0.25) is 0 Å². The van der Waals surface area contributed by atoms with E-state index in [4.69, 9.17) is 4.74 Å². The lowest BCUT2D eigenvalue weighted by molar-refractivity contribution is -0.141. The van der Waals surface area contributed by atoms with Crippen molar-refractivity contribution in [3.8, 4) is 5.75 Å². The third-order valence-electron chi connectivity index (χ3n) is 2.65. The third-order valence-corrected chi connectivity index (χ3v) is 4.11. The van der Waals surface area contributed by atoms with Crippen molar-refractivity contribution in [3.05, 3.63) is 29.8 Å². The highest BCUT2D eigenvalue weighted by Gasteiger charge is 2.19. The van der Waals surface area contributed by atoms with Gasteiger partial charge < -0.3 is 9.47 Å². The Balaban J connectivity index is 2.64. The number of methoxy groups -OCH3 is 1. The molecule has 0 saturated carbocycles. The van der Waals surface area contributed by atoms with Gasteiger partial charge >= 0.3 is 5.97 Å². The van der Waals surface area contributed by atoms with Crippen molar-refractivity contribution in [3.63, 3.8) is 0 Å². The predicted octanol–water partition coefficient (Wildman–Crippen LogP) is 0.525. The van der Waals surface area contributed by atoms with Crippen LogP contribution in [0.4, 0.5) is 0 Å². The van der Waals surface area contributed by atoms with E-state index in [0.29, 0.717) is 5.75 Å². The van der Waals surface area contributed by atoms with Gasteiger partial charge in [-0.3, -0.25) is 4.79 Å². The quantitative estimate of drug-likeness (QED) is 0.707. The first-order chi connectivity index (χ1) is 9.89. The Hall–Kier alpha value is -1.64. The number of nitrogens with zero attached hydrogens (tertiary/aromatic N) is 1. The number of carbonyl (C=O) groups is 1. The van der Waals surface area contributed by atoms with Crippen LogP contribution in [-0.4, -0.2) is 46.0 Å². The van der Waals surface area contributed by atoms with Crippen LogP contribution in [0.15, 0.2) is 24.3 Å². The summed E-state index contributed by atoms with van der Waals surface area (Å²) in [5.41, 5.74) is 0.776. The first-order valence-corrected chi connectivity index (χ1v) is 7.82. The van der Waals surface area contributed by atoms with Crippen LogP contribution in [-0.2, 0) is 26.3 Å². The zero-order valence-electron chi connectivity index (χ0n) is 12.3. The van der Waals surface area contributed by atoms with E-state index in [1.807, 2.05) is 0 Å². The van der Waals surface area contributed by atoms with Crippen LogP contribution < -0.4 is 9.46 Å². The van der Waals surface area contributed by atoms with E-state index < -0.39 is 22.7 Å². The molecule has 0 saturated heterocycles. The summed E-state index contributed by atoms with van der Waals surface area (Å²) in [4.78, 5) is 11.2. The van der Waals surface area contributed by atoms with E-state index >= 15 is 0 Å². The summed E-state index contributed by atoms with van der Waals surface area (Å²) in [6, 6.07) is 7.09. The van der Waals surface area contributed by atoms with E-state index in [1.165, 1.54) is 7.05 Å². The third kappa shape index (κ3) is 5.70. The van der Waals surface area contributed by atoms with Crippen LogP contribution in [0, 0.1) is 0 Å². The van der Waals surface area contributed by atoms with Gasteiger partial charge in [-0.25, -0.2) is 0 Å². The van der Waals surface area contributed by atoms with Crippen LogP contribution in [0.5, 0.6) is 5.75 Å². The van der Waals surface area contributed by atoms with Crippen LogP contribution in [0.25, 0.3) is 0 Å². The molecule has 0 unspecified atom stereocenters. The Kier molecular flexibility index (Phi) is 6.60. The topological polar surface area (TPSA) is 84.9 Å². The molecule has 1 rings (SSSR count). The number of benzene rings is 1. The number of esters is 1. The van der Waals surface area contributed by atoms with E-state index in [-0.39, 0.29) is 13.2 Å². The normalized spacial score (nSPS) is 11.4. The van der Waals surface area contributed by atoms with E-state index in [1.54, 1.807) is 38.3 Å². The molecular weight excluding hydrogens is 296 g/mol. The monoisotopic (exact) mass is 316 g/mol. The number of hydrogen-bond acceptors (Lipinski definition) is 5. The maximum atomic E-state index is 12.0.